The van der Waals surface area contributed by atoms with Crippen molar-refractivity contribution in [1.82, 2.24) is 34.4 Å². The number of nitrogens with two attached hydrogens (primary N) is 2. The second-order valence-electron chi connectivity index (χ2n) is 16.0. The summed E-state index contributed by atoms with van der Waals surface area (Å²) in [5, 5.41) is 9.28. The Morgan fingerprint density at radius 2 is 1.25 bits per heavy atom. The SMILES string of the molecule is CCC.CCc1nc(C)oc1C(=O)Nc1nc2cc(C(N)=O)cc(OC)c2n1C/C=C/Cn1c(NC)nc2cc(C(N)=O)cc(OC(C)(C)C(C)(C)NC)c21.CCc1nc(C)oc1C=O. The molecule has 4 heterocycles. The summed E-state index contributed by atoms with van der Waals surface area (Å²) in [6, 6.07) is 6.35. The smallest absolute Gasteiger partial charge is 0.295 e. The summed E-state index contributed by atoms with van der Waals surface area (Å²) in [4.78, 5) is 65.8. The molecule has 7 N–H and O–H groups in total. The van der Waals surface area contributed by atoms with E-state index < -0.39 is 28.9 Å². The van der Waals surface area contributed by atoms with Crippen molar-refractivity contribution in [3.05, 3.63) is 82.2 Å². The molecule has 0 aliphatic carbocycles. The lowest BCUT2D eigenvalue weighted by molar-refractivity contribution is 0.0251. The number of aldehydes is 1. The van der Waals surface area contributed by atoms with Crippen LogP contribution >= 0.6 is 0 Å². The van der Waals surface area contributed by atoms with E-state index in [1.165, 1.54) is 19.6 Å². The molecule has 0 fully saturated rings. The van der Waals surface area contributed by atoms with Crippen molar-refractivity contribution < 1.29 is 37.5 Å². The molecule has 65 heavy (non-hydrogen) atoms. The fourth-order valence-electron chi connectivity index (χ4n) is 6.56. The number of aryl methyl sites for hydroxylation is 4. The van der Waals surface area contributed by atoms with Gasteiger partial charge < -0.3 is 49.5 Å². The van der Waals surface area contributed by atoms with Gasteiger partial charge in [-0.2, -0.15) is 0 Å². The molecular formula is C46H63N11O8. The number of hydrogen-bond acceptors (Lipinski definition) is 14. The predicted molar refractivity (Wildman–Crippen MR) is 250 cm³/mol. The summed E-state index contributed by atoms with van der Waals surface area (Å²) >= 11 is 0. The summed E-state index contributed by atoms with van der Waals surface area (Å²) in [5.74, 6) is 1.10. The Morgan fingerprint density at radius 3 is 1.72 bits per heavy atom. The number of carbonyl (C=O) groups is 4. The molecule has 2 aromatic carbocycles. The lowest BCUT2D eigenvalue weighted by atomic mass is 9.86. The maximum Gasteiger partial charge on any atom is 0.295 e. The van der Waals surface area contributed by atoms with E-state index in [4.69, 9.17) is 34.8 Å². The van der Waals surface area contributed by atoms with E-state index in [-0.39, 0.29) is 29.4 Å². The topological polar surface area (TPSA) is 263 Å². The fourth-order valence-corrected chi connectivity index (χ4v) is 6.56. The Labute approximate surface area is 378 Å². The highest BCUT2D eigenvalue weighted by Crippen LogP contribution is 2.36. The highest BCUT2D eigenvalue weighted by molar-refractivity contribution is 6.04. The van der Waals surface area contributed by atoms with Gasteiger partial charge in [-0.3, -0.25) is 24.5 Å². The van der Waals surface area contributed by atoms with E-state index in [9.17, 15) is 19.2 Å². The zero-order chi connectivity index (χ0) is 48.4. The average molecular weight is 898 g/mol. The van der Waals surface area contributed by atoms with Gasteiger partial charge in [0, 0.05) is 45.1 Å². The minimum absolute atomic E-state index is 0.0873. The van der Waals surface area contributed by atoms with Crippen LogP contribution in [-0.4, -0.2) is 85.4 Å². The molecule has 0 aliphatic heterocycles. The van der Waals surface area contributed by atoms with Crippen molar-refractivity contribution in [3.63, 3.8) is 0 Å². The minimum Gasteiger partial charge on any atom is -0.494 e. The van der Waals surface area contributed by atoms with Crippen LogP contribution in [0.4, 0.5) is 11.9 Å². The zero-order valence-corrected chi connectivity index (χ0v) is 39.7. The number of primary amides is 2. The van der Waals surface area contributed by atoms with Crippen molar-refractivity contribution in [2.75, 3.05) is 31.8 Å². The number of imidazole rings is 2. The number of methoxy groups -OCH3 is 1. The first-order valence-electron chi connectivity index (χ1n) is 21.4. The van der Waals surface area contributed by atoms with Crippen molar-refractivity contribution in [2.45, 2.75) is 113 Å². The van der Waals surface area contributed by atoms with Gasteiger partial charge in [0.2, 0.25) is 29.5 Å². The molecule has 3 amide bonds. The van der Waals surface area contributed by atoms with Crippen LogP contribution in [0.5, 0.6) is 11.5 Å². The molecule has 19 heteroatoms. The van der Waals surface area contributed by atoms with E-state index in [1.54, 1.807) is 43.7 Å². The third kappa shape index (κ3) is 11.4. The normalized spacial score (nSPS) is 11.5. The molecule has 0 bridgehead atoms. The van der Waals surface area contributed by atoms with E-state index in [2.05, 4.69) is 44.7 Å². The third-order valence-corrected chi connectivity index (χ3v) is 10.7. The first-order chi connectivity index (χ1) is 30.7. The quantitative estimate of drug-likeness (QED) is 0.0459. The van der Waals surface area contributed by atoms with Crippen molar-refractivity contribution in [3.8, 4) is 11.5 Å². The number of rotatable bonds is 17. The van der Waals surface area contributed by atoms with Crippen LogP contribution in [-0.2, 0) is 25.9 Å². The monoisotopic (exact) mass is 897 g/mol. The van der Waals surface area contributed by atoms with Crippen molar-refractivity contribution in [2.24, 2.45) is 11.5 Å². The highest BCUT2D eigenvalue weighted by atomic mass is 16.5. The number of nitrogens with zero attached hydrogens (tertiary/aromatic N) is 6. The lowest BCUT2D eigenvalue weighted by Gasteiger charge is -2.41. The van der Waals surface area contributed by atoms with Gasteiger partial charge in [-0.1, -0.05) is 46.3 Å². The van der Waals surface area contributed by atoms with Crippen LogP contribution in [0, 0.1) is 13.8 Å². The summed E-state index contributed by atoms with van der Waals surface area (Å²) in [6.07, 6.45) is 7.00. The molecule has 0 atom stereocenters. The summed E-state index contributed by atoms with van der Waals surface area (Å²) in [7, 11) is 5.09. The largest absolute Gasteiger partial charge is 0.494 e. The Kier molecular flexibility index (Phi) is 16.8. The second-order valence-corrected chi connectivity index (χ2v) is 16.0. The van der Waals surface area contributed by atoms with Gasteiger partial charge in [-0.15, -0.1) is 0 Å². The molecule has 19 nitrogen and oxygen atoms in total. The number of aromatic nitrogens is 6. The van der Waals surface area contributed by atoms with Gasteiger partial charge in [0.05, 0.1) is 35.1 Å². The Hall–Kier alpha value is -7.02. The average Bonchev–Trinajstić information content (AvgIpc) is 4.03. The molecule has 6 rings (SSSR count). The van der Waals surface area contributed by atoms with Crippen molar-refractivity contribution in [1.29, 1.82) is 0 Å². The first kappa shape index (κ1) is 50.6. The van der Waals surface area contributed by atoms with Gasteiger partial charge in [0.15, 0.2) is 23.8 Å². The number of amides is 3. The summed E-state index contributed by atoms with van der Waals surface area (Å²) in [5.41, 5.74) is 13.9. The molecular weight excluding hydrogens is 835 g/mol. The molecule has 4 aromatic heterocycles. The number of allylic oxidation sites excluding steroid dienone is 2. The zero-order valence-electron chi connectivity index (χ0n) is 39.7. The van der Waals surface area contributed by atoms with Crippen LogP contribution in [0.15, 0.2) is 45.3 Å². The summed E-state index contributed by atoms with van der Waals surface area (Å²) in [6.45, 7) is 20.0. The second kappa shape index (κ2) is 21.6. The van der Waals surface area contributed by atoms with E-state index in [1.807, 2.05) is 65.3 Å². The van der Waals surface area contributed by atoms with Gasteiger partial charge in [-0.05, 0) is 71.8 Å². The number of anilines is 2. The third-order valence-electron chi connectivity index (χ3n) is 10.7. The van der Waals surface area contributed by atoms with Crippen LogP contribution in [0.25, 0.3) is 22.1 Å². The molecule has 0 spiro atoms. The van der Waals surface area contributed by atoms with Gasteiger partial charge in [-0.25, -0.2) is 19.9 Å². The van der Waals surface area contributed by atoms with Gasteiger partial charge in [0.25, 0.3) is 5.91 Å². The van der Waals surface area contributed by atoms with Crippen LogP contribution in [0.1, 0.15) is 127 Å². The molecule has 0 aliphatic rings. The maximum absolute atomic E-state index is 13.4. The number of benzene rings is 2. The van der Waals surface area contributed by atoms with Crippen molar-refractivity contribution >= 4 is 58.0 Å². The Balaban J connectivity index is 0.000000615. The van der Waals surface area contributed by atoms with Gasteiger partial charge in [0.1, 0.15) is 28.1 Å². The van der Waals surface area contributed by atoms with E-state index >= 15 is 0 Å². The number of likely N-dealkylation sites (N-methyl/N-ethyl adjacent to an activating group) is 1. The Morgan fingerprint density at radius 1 is 0.754 bits per heavy atom. The fraction of sp³-hybridized carbons (Fsp3) is 0.435. The minimum atomic E-state index is -0.727. The highest BCUT2D eigenvalue weighted by Gasteiger charge is 2.39. The number of ether oxygens (including phenoxy) is 2. The molecule has 0 radical (unpaired) electrons. The number of hydrogen-bond donors (Lipinski definition) is 5. The van der Waals surface area contributed by atoms with E-state index in [0.717, 1.165) is 12.1 Å². The number of fused-ring (bicyclic) bond motifs is 2. The predicted octanol–water partition coefficient (Wildman–Crippen LogP) is 6.93. The standard InChI is InChI=1S/C36H46N10O6.C7H9NO2.C3H8/c1-10-22-29(51-19(2)41-22)32(49)44-34-43-23-15-20(30(37)47)17-25(50-9)27(23)46(34)14-12-11-13-45-28-24(42-33(45)39-7)16-21(31(38)48)18-26(28)52-36(5,6)35(3,4)40-8;1-3-6-7(4-9)10-5(2)8-6;1-3-2/h11-12,15-18,40H,10,13-14H2,1-9H3,(H2,37,47)(H2,38,48)(H,39,42)(H,43,44,49);4H,3H2,1-2H3;3H2,1-2H3/b12-11+;;. The number of oxazole rings is 2. The number of carbonyl (C=O) groups excluding carboxylic acids is 4. The van der Waals surface area contributed by atoms with Crippen LogP contribution in [0.2, 0.25) is 0 Å². The number of nitrogens with one attached hydrogen (secondary N) is 3. The lowest BCUT2D eigenvalue weighted by Crippen LogP contribution is -2.57. The molecule has 6 aromatic rings. The first-order valence-corrected chi connectivity index (χ1v) is 21.4. The molecule has 0 unspecified atom stereocenters. The molecule has 0 saturated heterocycles. The van der Waals surface area contributed by atoms with E-state index in [0.29, 0.717) is 82.0 Å². The van der Waals surface area contributed by atoms with Crippen LogP contribution in [0.3, 0.4) is 0 Å². The summed E-state index contributed by atoms with van der Waals surface area (Å²) < 4.78 is 26.6. The van der Waals surface area contributed by atoms with Gasteiger partial charge >= 0.3 is 0 Å². The molecule has 0 saturated carbocycles. The van der Waals surface area contributed by atoms with Crippen LogP contribution < -0.4 is 36.9 Å². The maximum atomic E-state index is 13.4. The Bertz CT molecular complexity index is 2680. The molecule has 350 valence electrons.